The summed E-state index contributed by atoms with van der Waals surface area (Å²) >= 11 is 6.15. The molecule has 0 saturated heterocycles. The topological polar surface area (TPSA) is 65.9 Å². The second-order valence-corrected chi connectivity index (χ2v) is 4.59. The first kappa shape index (κ1) is 13.2. The number of nitriles is 1. The molecule has 0 atom stereocenters. The number of nitrogen functional groups attached to an aromatic ring is 1. The van der Waals surface area contributed by atoms with Crippen molar-refractivity contribution in [1.82, 2.24) is 4.98 Å². The average molecular weight is 273 g/mol. The Hall–Kier alpha value is -2.25. The van der Waals surface area contributed by atoms with Gasteiger partial charge in [-0.05, 0) is 23.8 Å². The fourth-order valence-electron chi connectivity index (χ4n) is 1.83. The fraction of sp³-hybridized carbons (Fsp3) is 0.143. The second kappa shape index (κ2) is 5.59. The van der Waals surface area contributed by atoms with Gasteiger partial charge in [-0.15, -0.1) is 0 Å². The summed E-state index contributed by atoms with van der Waals surface area (Å²) in [4.78, 5) is 6.10. The second-order valence-electron chi connectivity index (χ2n) is 4.21. The molecule has 0 bridgehead atoms. The van der Waals surface area contributed by atoms with E-state index in [1.54, 1.807) is 12.3 Å². The molecule has 96 valence electrons. The zero-order chi connectivity index (χ0) is 13.8. The molecule has 19 heavy (non-hydrogen) atoms. The van der Waals surface area contributed by atoms with E-state index in [2.05, 4.69) is 4.98 Å². The number of nitrogens with zero attached hydrogens (tertiary/aromatic N) is 3. The van der Waals surface area contributed by atoms with Crippen LogP contribution in [0.2, 0.25) is 5.02 Å². The first-order valence-electron chi connectivity index (χ1n) is 5.72. The lowest BCUT2D eigenvalue weighted by molar-refractivity contribution is 0.898. The maximum Gasteiger partial charge on any atom is 0.148 e. The standard InChI is InChI=1S/C14H13ClN4/c1-19(9-10-3-2-4-12(17)7-10)14-13(15)11(8-16)5-6-18-14/h2-7H,9,17H2,1H3. The summed E-state index contributed by atoms with van der Waals surface area (Å²) < 4.78 is 0. The summed E-state index contributed by atoms with van der Waals surface area (Å²) in [5, 5.41) is 9.33. The Morgan fingerprint density at radius 3 is 2.89 bits per heavy atom. The highest BCUT2D eigenvalue weighted by Gasteiger charge is 2.11. The molecule has 0 fully saturated rings. The molecule has 5 heteroatoms. The fourth-order valence-corrected chi connectivity index (χ4v) is 2.12. The summed E-state index contributed by atoms with van der Waals surface area (Å²) in [5.41, 5.74) is 7.94. The molecule has 4 nitrogen and oxygen atoms in total. The maximum absolute atomic E-state index is 8.95. The monoisotopic (exact) mass is 272 g/mol. The number of nitrogens with two attached hydrogens (primary N) is 1. The van der Waals surface area contributed by atoms with Crippen LogP contribution in [-0.4, -0.2) is 12.0 Å². The number of anilines is 2. The average Bonchev–Trinajstić information content (AvgIpc) is 2.39. The van der Waals surface area contributed by atoms with Gasteiger partial charge in [0.05, 0.1) is 5.56 Å². The van der Waals surface area contributed by atoms with E-state index in [1.807, 2.05) is 42.3 Å². The van der Waals surface area contributed by atoms with Crippen LogP contribution in [0.5, 0.6) is 0 Å². The van der Waals surface area contributed by atoms with E-state index < -0.39 is 0 Å². The predicted molar refractivity (Wildman–Crippen MR) is 76.9 cm³/mol. The van der Waals surface area contributed by atoms with Crippen molar-refractivity contribution < 1.29 is 0 Å². The van der Waals surface area contributed by atoms with Crippen LogP contribution < -0.4 is 10.6 Å². The number of rotatable bonds is 3. The van der Waals surface area contributed by atoms with E-state index in [0.717, 1.165) is 11.3 Å². The quantitative estimate of drug-likeness (QED) is 0.873. The smallest absolute Gasteiger partial charge is 0.148 e. The molecule has 1 aromatic carbocycles. The number of halogens is 1. The van der Waals surface area contributed by atoms with E-state index in [0.29, 0.717) is 22.9 Å². The minimum atomic E-state index is 0.372. The van der Waals surface area contributed by atoms with Gasteiger partial charge in [-0.1, -0.05) is 23.7 Å². The van der Waals surface area contributed by atoms with Gasteiger partial charge in [-0.3, -0.25) is 0 Å². The first-order chi connectivity index (χ1) is 9.11. The van der Waals surface area contributed by atoms with E-state index in [9.17, 15) is 0 Å². The van der Waals surface area contributed by atoms with E-state index in [-0.39, 0.29) is 0 Å². The maximum atomic E-state index is 8.95. The summed E-state index contributed by atoms with van der Waals surface area (Å²) in [6.07, 6.45) is 1.58. The van der Waals surface area contributed by atoms with Crippen molar-refractivity contribution in [2.45, 2.75) is 6.54 Å². The summed E-state index contributed by atoms with van der Waals surface area (Å²) in [5.74, 6) is 0.586. The zero-order valence-electron chi connectivity index (χ0n) is 10.5. The Balaban J connectivity index is 2.26. The third-order valence-corrected chi connectivity index (χ3v) is 3.10. The number of pyridine rings is 1. The van der Waals surface area contributed by atoms with E-state index >= 15 is 0 Å². The number of hydrogen-bond donors (Lipinski definition) is 1. The summed E-state index contributed by atoms with van der Waals surface area (Å²) in [6.45, 7) is 0.618. The molecule has 0 aliphatic rings. The lowest BCUT2D eigenvalue weighted by Crippen LogP contribution is -2.18. The van der Waals surface area contributed by atoms with Gasteiger partial charge in [0.1, 0.15) is 16.9 Å². The van der Waals surface area contributed by atoms with Gasteiger partial charge in [0.25, 0.3) is 0 Å². The molecule has 2 N–H and O–H groups in total. The predicted octanol–water partition coefficient (Wildman–Crippen LogP) is 2.83. The van der Waals surface area contributed by atoms with Gasteiger partial charge in [-0.2, -0.15) is 5.26 Å². The molecule has 0 aliphatic heterocycles. The van der Waals surface area contributed by atoms with E-state index in [1.165, 1.54) is 0 Å². The van der Waals surface area contributed by atoms with Crippen molar-refractivity contribution in [2.24, 2.45) is 0 Å². The largest absolute Gasteiger partial charge is 0.399 e. The Morgan fingerprint density at radius 1 is 1.42 bits per heavy atom. The van der Waals surface area contributed by atoms with Crippen LogP contribution in [0.1, 0.15) is 11.1 Å². The lowest BCUT2D eigenvalue weighted by atomic mass is 10.2. The molecule has 0 saturated carbocycles. The van der Waals surface area contributed by atoms with Crippen molar-refractivity contribution >= 4 is 23.1 Å². The van der Waals surface area contributed by atoms with Crippen LogP contribution in [0, 0.1) is 11.3 Å². The van der Waals surface area contributed by atoms with Crippen molar-refractivity contribution in [2.75, 3.05) is 17.7 Å². The van der Waals surface area contributed by atoms with E-state index in [4.69, 9.17) is 22.6 Å². The molecule has 2 rings (SSSR count). The molecule has 1 aromatic heterocycles. The van der Waals surface area contributed by atoms with Gasteiger partial charge in [0.15, 0.2) is 0 Å². The molecule has 2 aromatic rings. The third-order valence-electron chi connectivity index (χ3n) is 2.72. The molecule has 0 spiro atoms. The van der Waals surface area contributed by atoms with Gasteiger partial charge in [0, 0.05) is 25.5 Å². The van der Waals surface area contributed by atoms with Crippen molar-refractivity contribution in [1.29, 1.82) is 5.26 Å². The normalized spacial score (nSPS) is 9.95. The number of aromatic nitrogens is 1. The Labute approximate surface area is 117 Å². The van der Waals surface area contributed by atoms with Crippen LogP contribution in [0.4, 0.5) is 11.5 Å². The zero-order valence-corrected chi connectivity index (χ0v) is 11.2. The molecule has 1 heterocycles. The van der Waals surface area contributed by atoms with Crippen molar-refractivity contribution in [3.05, 3.63) is 52.7 Å². The molecular formula is C14H13ClN4. The van der Waals surface area contributed by atoms with Crippen LogP contribution in [0.15, 0.2) is 36.5 Å². The molecule has 0 radical (unpaired) electrons. The van der Waals surface area contributed by atoms with Gasteiger partial charge < -0.3 is 10.6 Å². The SMILES string of the molecule is CN(Cc1cccc(N)c1)c1nccc(C#N)c1Cl. The minimum absolute atomic E-state index is 0.372. The van der Waals surface area contributed by atoms with Crippen LogP contribution in [0.3, 0.4) is 0 Å². The van der Waals surface area contributed by atoms with Crippen LogP contribution >= 0.6 is 11.6 Å². The summed E-state index contributed by atoms with van der Waals surface area (Å²) in [6, 6.07) is 11.3. The van der Waals surface area contributed by atoms with Gasteiger partial charge in [0.2, 0.25) is 0 Å². The van der Waals surface area contributed by atoms with Gasteiger partial charge >= 0.3 is 0 Å². The first-order valence-corrected chi connectivity index (χ1v) is 6.10. The molecular weight excluding hydrogens is 260 g/mol. The Bertz CT molecular complexity index is 634. The van der Waals surface area contributed by atoms with Crippen molar-refractivity contribution in [3.63, 3.8) is 0 Å². The Morgan fingerprint density at radius 2 is 2.21 bits per heavy atom. The molecule has 0 amide bonds. The van der Waals surface area contributed by atoms with Crippen molar-refractivity contribution in [3.8, 4) is 6.07 Å². The van der Waals surface area contributed by atoms with Gasteiger partial charge in [-0.25, -0.2) is 4.98 Å². The highest BCUT2D eigenvalue weighted by Crippen LogP contribution is 2.26. The number of hydrogen-bond acceptors (Lipinski definition) is 4. The molecule has 0 aliphatic carbocycles. The number of benzene rings is 1. The highest BCUT2D eigenvalue weighted by atomic mass is 35.5. The minimum Gasteiger partial charge on any atom is -0.399 e. The Kier molecular flexibility index (Phi) is 3.88. The third kappa shape index (κ3) is 2.95. The highest BCUT2D eigenvalue weighted by molar-refractivity contribution is 6.34. The summed E-state index contributed by atoms with van der Waals surface area (Å²) in [7, 11) is 1.87. The van der Waals surface area contributed by atoms with Crippen LogP contribution in [0.25, 0.3) is 0 Å². The molecule has 0 unspecified atom stereocenters. The lowest BCUT2D eigenvalue weighted by Gasteiger charge is -2.19. The van der Waals surface area contributed by atoms with Crippen LogP contribution in [-0.2, 0) is 6.54 Å².